The second kappa shape index (κ2) is 6.33. The Bertz CT molecular complexity index is 965. The van der Waals surface area contributed by atoms with Crippen molar-refractivity contribution in [2.24, 2.45) is 11.3 Å². The number of piperidine rings is 1. The lowest BCUT2D eigenvalue weighted by molar-refractivity contribution is -0.128. The van der Waals surface area contributed by atoms with E-state index in [1.165, 1.54) is 0 Å². The Kier molecular flexibility index (Phi) is 3.81. The van der Waals surface area contributed by atoms with Gasteiger partial charge in [0.05, 0.1) is 5.39 Å². The molecule has 4 heterocycles. The van der Waals surface area contributed by atoms with Gasteiger partial charge in [-0.05, 0) is 48.4 Å². The Hall–Kier alpha value is -2.96. The van der Waals surface area contributed by atoms with Gasteiger partial charge < -0.3 is 15.2 Å². The van der Waals surface area contributed by atoms with Crippen molar-refractivity contribution in [2.75, 3.05) is 18.0 Å². The highest BCUT2D eigenvalue weighted by Crippen LogP contribution is 2.56. The average Bonchev–Trinajstić information content (AvgIpc) is 3.28. The number of hydrogen-bond acceptors (Lipinski definition) is 5. The van der Waals surface area contributed by atoms with E-state index in [0.717, 1.165) is 54.8 Å². The van der Waals surface area contributed by atoms with E-state index in [2.05, 4.69) is 30.2 Å². The van der Waals surface area contributed by atoms with E-state index >= 15 is 0 Å². The Morgan fingerprint density at radius 1 is 1.26 bits per heavy atom. The average molecular weight is 362 g/mol. The number of carbonyl (C=O) groups is 1. The summed E-state index contributed by atoms with van der Waals surface area (Å²) in [5, 5.41) is 4.18. The molecule has 0 radical (unpaired) electrons. The maximum absolute atomic E-state index is 12.9. The standard InChI is InChI=1S/C20H22N6O/c27-19(23-11-14-1-7-21-8-2-14)16-4-10-26(12-20(16)5-6-20)18-15-3-9-22-17(15)24-13-25-18/h1-3,7-9,13,16H,4-6,10-12H2,(H,23,27)(H,22,24,25). The lowest BCUT2D eigenvalue weighted by Crippen LogP contribution is -2.48. The molecule has 2 aliphatic rings. The number of aromatic amines is 1. The van der Waals surface area contributed by atoms with Crippen LogP contribution in [0, 0.1) is 11.3 Å². The van der Waals surface area contributed by atoms with Crippen LogP contribution in [0.25, 0.3) is 11.0 Å². The van der Waals surface area contributed by atoms with Gasteiger partial charge in [0.15, 0.2) is 0 Å². The zero-order valence-corrected chi connectivity index (χ0v) is 15.1. The van der Waals surface area contributed by atoms with Crippen molar-refractivity contribution in [1.82, 2.24) is 25.3 Å². The molecule has 3 aromatic heterocycles. The normalized spacial score (nSPS) is 20.7. The largest absolute Gasteiger partial charge is 0.355 e. The molecule has 27 heavy (non-hydrogen) atoms. The number of anilines is 1. The van der Waals surface area contributed by atoms with Gasteiger partial charge in [0.25, 0.3) is 0 Å². The number of nitrogens with one attached hydrogen (secondary N) is 2. The third-order valence-corrected chi connectivity index (χ3v) is 5.99. The van der Waals surface area contributed by atoms with Crippen LogP contribution in [-0.2, 0) is 11.3 Å². The molecule has 7 heteroatoms. The smallest absolute Gasteiger partial charge is 0.224 e. The van der Waals surface area contributed by atoms with Crippen molar-refractivity contribution in [2.45, 2.75) is 25.8 Å². The highest BCUT2D eigenvalue weighted by Gasteiger charge is 2.55. The fourth-order valence-electron chi connectivity index (χ4n) is 4.34. The Morgan fingerprint density at radius 3 is 2.93 bits per heavy atom. The van der Waals surface area contributed by atoms with Crippen LogP contribution in [0.1, 0.15) is 24.8 Å². The topological polar surface area (TPSA) is 86.8 Å². The molecule has 1 spiro atoms. The second-order valence-corrected chi connectivity index (χ2v) is 7.64. The van der Waals surface area contributed by atoms with Crippen molar-refractivity contribution in [3.8, 4) is 0 Å². The molecule has 1 atom stereocenters. The van der Waals surface area contributed by atoms with Gasteiger partial charge in [-0.25, -0.2) is 9.97 Å². The summed E-state index contributed by atoms with van der Waals surface area (Å²) in [6.07, 6.45) is 10.1. The molecular weight excluding hydrogens is 340 g/mol. The van der Waals surface area contributed by atoms with Gasteiger partial charge in [-0.3, -0.25) is 9.78 Å². The van der Waals surface area contributed by atoms with E-state index in [0.29, 0.717) is 6.54 Å². The maximum Gasteiger partial charge on any atom is 0.224 e. The van der Waals surface area contributed by atoms with Gasteiger partial charge in [-0.15, -0.1) is 0 Å². The van der Waals surface area contributed by atoms with Crippen molar-refractivity contribution in [3.63, 3.8) is 0 Å². The van der Waals surface area contributed by atoms with Crippen molar-refractivity contribution in [1.29, 1.82) is 0 Å². The van der Waals surface area contributed by atoms with Crippen LogP contribution in [0.2, 0.25) is 0 Å². The summed E-state index contributed by atoms with van der Waals surface area (Å²) >= 11 is 0. The SMILES string of the molecule is O=C(NCc1ccncc1)C1CCN(c2ncnc3[nH]ccc23)CC12CC2. The molecule has 0 aromatic carbocycles. The monoisotopic (exact) mass is 362 g/mol. The zero-order valence-electron chi connectivity index (χ0n) is 15.1. The lowest BCUT2D eigenvalue weighted by Gasteiger charge is -2.39. The zero-order chi connectivity index (χ0) is 18.3. The number of rotatable bonds is 4. The lowest BCUT2D eigenvalue weighted by atomic mass is 9.81. The molecule has 1 aliphatic heterocycles. The first kappa shape index (κ1) is 16.2. The van der Waals surface area contributed by atoms with Crippen LogP contribution in [0.3, 0.4) is 0 Å². The molecule has 0 bridgehead atoms. The number of hydrogen-bond donors (Lipinski definition) is 2. The number of nitrogens with zero attached hydrogens (tertiary/aromatic N) is 4. The van der Waals surface area contributed by atoms with Crippen LogP contribution < -0.4 is 10.2 Å². The summed E-state index contributed by atoms with van der Waals surface area (Å²) < 4.78 is 0. The first-order chi connectivity index (χ1) is 13.3. The number of fused-ring (bicyclic) bond motifs is 1. The first-order valence-electron chi connectivity index (χ1n) is 9.45. The number of H-pyrrole nitrogens is 1. The van der Waals surface area contributed by atoms with Crippen LogP contribution in [0.5, 0.6) is 0 Å². The van der Waals surface area contributed by atoms with Gasteiger partial charge >= 0.3 is 0 Å². The molecule has 7 nitrogen and oxygen atoms in total. The van der Waals surface area contributed by atoms with Crippen molar-refractivity contribution in [3.05, 3.63) is 48.7 Å². The van der Waals surface area contributed by atoms with Crippen molar-refractivity contribution < 1.29 is 4.79 Å². The molecule has 138 valence electrons. The molecule has 1 saturated carbocycles. The fourth-order valence-corrected chi connectivity index (χ4v) is 4.34. The Labute approximate surface area is 157 Å². The molecular formula is C20H22N6O. The first-order valence-corrected chi connectivity index (χ1v) is 9.45. The summed E-state index contributed by atoms with van der Waals surface area (Å²) in [5.74, 6) is 1.24. The predicted octanol–water partition coefficient (Wildman–Crippen LogP) is 2.28. The van der Waals surface area contributed by atoms with E-state index in [9.17, 15) is 4.79 Å². The maximum atomic E-state index is 12.9. The van der Waals surface area contributed by atoms with E-state index in [4.69, 9.17) is 0 Å². The molecule has 2 fully saturated rings. The minimum atomic E-state index is 0.0825. The van der Waals surface area contributed by atoms with Crippen molar-refractivity contribution >= 4 is 22.8 Å². The third kappa shape index (κ3) is 2.93. The van der Waals surface area contributed by atoms with Gasteiger partial charge in [-0.2, -0.15) is 0 Å². The summed E-state index contributed by atoms with van der Waals surface area (Å²) in [7, 11) is 0. The van der Waals surface area contributed by atoms with Crippen LogP contribution in [0.4, 0.5) is 5.82 Å². The highest BCUT2D eigenvalue weighted by atomic mass is 16.1. The Morgan fingerprint density at radius 2 is 2.11 bits per heavy atom. The number of amides is 1. The molecule has 1 unspecified atom stereocenters. The van der Waals surface area contributed by atoms with Crippen LogP contribution in [0.15, 0.2) is 43.1 Å². The minimum Gasteiger partial charge on any atom is -0.355 e. The third-order valence-electron chi connectivity index (χ3n) is 5.99. The van der Waals surface area contributed by atoms with E-state index in [-0.39, 0.29) is 17.2 Å². The number of carbonyl (C=O) groups excluding carboxylic acids is 1. The molecule has 2 N–H and O–H groups in total. The summed E-state index contributed by atoms with van der Waals surface area (Å²) in [6.45, 7) is 2.29. The quantitative estimate of drug-likeness (QED) is 0.743. The molecule has 1 amide bonds. The highest BCUT2D eigenvalue weighted by molar-refractivity contribution is 5.87. The van der Waals surface area contributed by atoms with Crippen LogP contribution in [-0.4, -0.2) is 38.9 Å². The van der Waals surface area contributed by atoms with E-state index in [1.54, 1.807) is 18.7 Å². The summed E-state index contributed by atoms with van der Waals surface area (Å²) in [5.41, 5.74) is 2.03. The Balaban J connectivity index is 1.30. The minimum absolute atomic E-state index is 0.0825. The van der Waals surface area contributed by atoms with E-state index < -0.39 is 0 Å². The molecule has 5 rings (SSSR count). The fraction of sp³-hybridized carbons (Fsp3) is 0.400. The van der Waals surface area contributed by atoms with Gasteiger partial charge in [0.1, 0.15) is 17.8 Å². The van der Waals surface area contributed by atoms with Crippen LogP contribution >= 0.6 is 0 Å². The summed E-state index contributed by atoms with van der Waals surface area (Å²) in [4.78, 5) is 31.2. The summed E-state index contributed by atoms with van der Waals surface area (Å²) in [6, 6.07) is 5.90. The van der Waals surface area contributed by atoms with Gasteiger partial charge in [0.2, 0.25) is 5.91 Å². The molecule has 1 aliphatic carbocycles. The molecule has 1 saturated heterocycles. The second-order valence-electron chi connectivity index (χ2n) is 7.64. The van der Waals surface area contributed by atoms with Gasteiger partial charge in [-0.1, -0.05) is 0 Å². The molecule has 3 aromatic rings. The van der Waals surface area contributed by atoms with Gasteiger partial charge in [0, 0.05) is 44.1 Å². The number of aromatic nitrogens is 4. The number of pyridine rings is 1. The van der Waals surface area contributed by atoms with E-state index in [1.807, 2.05) is 24.4 Å². The predicted molar refractivity (Wildman–Crippen MR) is 102 cm³/mol.